The SMILES string of the molecule is O=C(CN1C[C@@H]2CC[C@H]1C2)NCc1ccncc1F.O=CO. The molecule has 2 heterocycles. The molecule has 1 saturated carbocycles. The summed E-state index contributed by atoms with van der Waals surface area (Å²) in [6.07, 6.45) is 6.47. The van der Waals surface area contributed by atoms with Crippen molar-refractivity contribution in [2.24, 2.45) is 5.92 Å². The van der Waals surface area contributed by atoms with Crippen LogP contribution in [0.2, 0.25) is 0 Å². The molecule has 1 amide bonds. The molecule has 22 heavy (non-hydrogen) atoms. The maximum atomic E-state index is 13.3. The van der Waals surface area contributed by atoms with Crippen LogP contribution in [0.3, 0.4) is 0 Å². The molecule has 7 heteroatoms. The summed E-state index contributed by atoms with van der Waals surface area (Å²) in [5.41, 5.74) is 0.478. The number of nitrogens with one attached hydrogen (secondary N) is 1. The topological polar surface area (TPSA) is 82.5 Å². The second-order valence-electron chi connectivity index (χ2n) is 5.61. The third kappa shape index (κ3) is 4.24. The molecule has 120 valence electrons. The molecule has 6 nitrogen and oxygen atoms in total. The predicted octanol–water partition coefficient (Wildman–Crippen LogP) is 1.02. The van der Waals surface area contributed by atoms with Gasteiger partial charge in [-0.3, -0.25) is 19.5 Å². The van der Waals surface area contributed by atoms with Gasteiger partial charge in [0.25, 0.3) is 6.47 Å². The zero-order valence-corrected chi connectivity index (χ0v) is 12.2. The molecule has 0 radical (unpaired) electrons. The molecular formula is C15H20FN3O3. The van der Waals surface area contributed by atoms with Gasteiger partial charge in [0.1, 0.15) is 5.82 Å². The fraction of sp³-hybridized carbons (Fsp3) is 0.533. The first-order valence-electron chi connectivity index (χ1n) is 7.31. The van der Waals surface area contributed by atoms with Crippen molar-refractivity contribution in [1.29, 1.82) is 0 Å². The van der Waals surface area contributed by atoms with Gasteiger partial charge < -0.3 is 10.4 Å². The molecule has 1 aromatic rings. The van der Waals surface area contributed by atoms with E-state index < -0.39 is 0 Å². The Labute approximate surface area is 128 Å². The van der Waals surface area contributed by atoms with Gasteiger partial charge in [0.15, 0.2) is 0 Å². The Morgan fingerprint density at radius 3 is 2.91 bits per heavy atom. The standard InChI is InChI=1S/C14H18FN3O.CH2O2/c15-13-7-16-4-3-11(13)6-17-14(19)9-18-8-10-1-2-12(18)5-10;2-1-3/h3-4,7,10,12H,1-2,5-6,8-9H2,(H,17,19);1H,(H,2,3)/t10-,12+;/m1./s1. The number of halogens is 1. The van der Waals surface area contributed by atoms with Crippen molar-refractivity contribution >= 4 is 12.4 Å². The number of carbonyl (C=O) groups is 2. The van der Waals surface area contributed by atoms with Crippen LogP contribution in [0.15, 0.2) is 18.5 Å². The maximum Gasteiger partial charge on any atom is 0.290 e. The summed E-state index contributed by atoms with van der Waals surface area (Å²) < 4.78 is 13.3. The van der Waals surface area contributed by atoms with Crippen LogP contribution in [0.1, 0.15) is 24.8 Å². The van der Waals surface area contributed by atoms with E-state index in [9.17, 15) is 9.18 Å². The lowest BCUT2D eigenvalue weighted by atomic mass is 10.1. The third-order valence-electron chi connectivity index (χ3n) is 4.20. The predicted molar refractivity (Wildman–Crippen MR) is 77.4 cm³/mol. The fourth-order valence-electron chi connectivity index (χ4n) is 3.20. The van der Waals surface area contributed by atoms with Crippen molar-refractivity contribution in [3.63, 3.8) is 0 Å². The van der Waals surface area contributed by atoms with Gasteiger partial charge in [-0.1, -0.05) is 0 Å². The Kier molecular flexibility index (Phi) is 5.83. The molecule has 1 aromatic heterocycles. The van der Waals surface area contributed by atoms with E-state index in [4.69, 9.17) is 9.90 Å². The van der Waals surface area contributed by atoms with Crippen molar-refractivity contribution in [2.75, 3.05) is 13.1 Å². The lowest BCUT2D eigenvalue weighted by molar-refractivity contribution is -0.123. The number of carboxylic acid groups (broad SMARTS) is 1. The minimum absolute atomic E-state index is 0.0243. The second kappa shape index (κ2) is 7.84. The van der Waals surface area contributed by atoms with Crippen LogP contribution < -0.4 is 5.32 Å². The first-order chi connectivity index (χ1) is 10.6. The zero-order valence-electron chi connectivity index (χ0n) is 12.2. The number of carbonyl (C=O) groups excluding carboxylic acids is 1. The number of piperidine rings is 1. The molecule has 2 N–H and O–H groups in total. The normalized spacial score (nSPS) is 22.8. The maximum absolute atomic E-state index is 13.3. The molecular weight excluding hydrogens is 289 g/mol. The second-order valence-corrected chi connectivity index (χ2v) is 5.61. The first kappa shape index (κ1) is 16.4. The van der Waals surface area contributed by atoms with Crippen molar-refractivity contribution in [2.45, 2.75) is 31.8 Å². The summed E-state index contributed by atoms with van der Waals surface area (Å²) in [6.45, 7) is 1.46. The number of pyridine rings is 1. The molecule has 2 bridgehead atoms. The number of rotatable bonds is 4. The molecule has 0 unspecified atom stereocenters. The molecule has 1 aliphatic carbocycles. The minimum atomic E-state index is -0.372. The summed E-state index contributed by atoms with van der Waals surface area (Å²) in [7, 11) is 0. The Morgan fingerprint density at radius 2 is 2.32 bits per heavy atom. The third-order valence-corrected chi connectivity index (χ3v) is 4.20. The number of aromatic nitrogens is 1. The number of amides is 1. The van der Waals surface area contributed by atoms with Crippen LogP contribution in [0.5, 0.6) is 0 Å². The fourth-order valence-corrected chi connectivity index (χ4v) is 3.20. The Morgan fingerprint density at radius 1 is 1.55 bits per heavy atom. The first-order valence-corrected chi connectivity index (χ1v) is 7.31. The number of likely N-dealkylation sites (tertiary alicyclic amines) is 1. The van der Waals surface area contributed by atoms with Crippen molar-refractivity contribution in [1.82, 2.24) is 15.2 Å². The average Bonchev–Trinajstić information content (AvgIpc) is 3.10. The summed E-state index contributed by atoms with van der Waals surface area (Å²) in [6, 6.07) is 2.18. The van der Waals surface area contributed by atoms with Gasteiger partial charge in [0, 0.05) is 30.9 Å². The summed E-state index contributed by atoms with van der Waals surface area (Å²) >= 11 is 0. The van der Waals surface area contributed by atoms with E-state index in [0.29, 0.717) is 18.2 Å². The Balaban J connectivity index is 0.000000545. The monoisotopic (exact) mass is 309 g/mol. The van der Waals surface area contributed by atoms with Crippen LogP contribution in [0.25, 0.3) is 0 Å². The van der Waals surface area contributed by atoms with Crippen LogP contribution in [0, 0.1) is 11.7 Å². The molecule has 0 spiro atoms. The van der Waals surface area contributed by atoms with E-state index in [1.54, 1.807) is 6.07 Å². The van der Waals surface area contributed by atoms with E-state index in [2.05, 4.69) is 15.2 Å². The molecule has 2 atom stereocenters. The van der Waals surface area contributed by atoms with Crippen molar-refractivity contribution < 1.29 is 19.1 Å². The molecule has 0 aromatic carbocycles. The van der Waals surface area contributed by atoms with Gasteiger partial charge in [0.05, 0.1) is 12.7 Å². The molecule has 2 aliphatic rings. The van der Waals surface area contributed by atoms with Gasteiger partial charge in [-0.15, -0.1) is 0 Å². The van der Waals surface area contributed by atoms with Gasteiger partial charge in [-0.2, -0.15) is 0 Å². The molecule has 1 aliphatic heterocycles. The quantitative estimate of drug-likeness (QED) is 0.812. The number of hydrogen-bond donors (Lipinski definition) is 2. The average molecular weight is 309 g/mol. The van der Waals surface area contributed by atoms with Crippen LogP contribution in [0.4, 0.5) is 4.39 Å². The molecule has 2 fully saturated rings. The zero-order chi connectivity index (χ0) is 15.9. The number of nitrogens with zero attached hydrogens (tertiary/aromatic N) is 2. The summed E-state index contributed by atoms with van der Waals surface area (Å²) in [4.78, 5) is 26.2. The van der Waals surface area contributed by atoms with Crippen LogP contribution >= 0.6 is 0 Å². The molecule has 1 saturated heterocycles. The van der Waals surface area contributed by atoms with Gasteiger partial charge in [-0.05, 0) is 31.2 Å². The number of hydrogen-bond acceptors (Lipinski definition) is 4. The summed E-state index contributed by atoms with van der Waals surface area (Å²) in [5.74, 6) is 0.391. The van der Waals surface area contributed by atoms with E-state index in [-0.39, 0.29) is 24.7 Å². The Bertz CT molecular complexity index is 527. The highest BCUT2D eigenvalue weighted by Gasteiger charge is 2.38. The minimum Gasteiger partial charge on any atom is -0.483 e. The highest BCUT2D eigenvalue weighted by atomic mass is 19.1. The van der Waals surface area contributed by atoms with Crippen LogP contribution in [-0.4, -0.2) is 46.5 Å². The Hall–Kier alpha value is -2.02. The van der Waals surface area contributed by atoms with Crippen molar-refractivity contribution in [3.8, 4) is 0 Å². The number of fused-ring (bicyclic) bond motifs is 2. The smallest absolute Gasteiger partial charge is 0.290 e. The largest absolute Gasteiger partial charge is 0.483 e. The van der Waals surface area contributed by atoms with Gasteiger partial charge in [-0.25, -0.2) is 4.39 Å². The lowest BCUT2D eigenvalue weighted by Gasteiger charge is -2.25. The van der Waals surface area contributed by atoms with Crippen LogP contribution in [-0.2, 0) is 16.1 Å². The van der Waals surface area contributed by atoms with Crippen molar-refractivity contribution in [3.05, 3.63) is 29.8 Å². The van der Waals surface area contributed by atoms with Gasteiger partial charge in [0.2, 0.25) is 5.91 Å². The highest BCUT2D eigenvalue weighted by molar-refractivity contribution is 5.78. The summed E-state index contributed by atoms with van der Waals surface area (Å²) in [5, 5.41) is 9.67. The van der Waals surface area contributed by atoms with E-state index in [1.807, 2.05) is 0 Å². The van der Waals surface area contributed by atoms with Gasteiger partial charge >= 0.3 is 0 Å². The van der Waals surface area contributed by atoms with E-state index >= 15 is 0 Å². The molecule has 3 rings (SSSR count). The van der Waals surface area contributed by atoms with E-state index in [1.165, 1.54) is 31.7 Å². The highest BCUT2D eigenvalue weighted by Crippen LogP contribution is 2.36. The lowest BCUT2D eigenvalue weighted by Crippen LogP contribution is -2.41. The van der Waals surface area contributed by atoms with E-state index in [0.717, 1.165) is 12.5 Å².